The quantitative estimate of drug-likeness (QED) is 0.545. The van der Waals surface area contributed by atoms with E-state index in [4.69, 9.17) is 4.42 Å². The summed E-state index contributed by atoms with van der Waals surface area (Å²) in [6.45, 7) is 4.06. The Morgan fingerprint density at radius 2 is 1.79 bits per heavy atom. The third kappa shape index (κ3) is 4.58. The van der Waals surface area contributed by atoms with E-state index in [-0.39, 0.29) is 5.91 Å². The second-order valence-electron chi connectivity index (χ2n) is 6.40. The largest absolute Gasteiger partial charge is 0.450 e. The summed E-state index contributed by atoms with van der Waals surface area (Å²) < 4.78 is 5.84. The molecule has 3 aromatic rings. The molecular weight excluding hydrogens is 388 g/mol. The average Bonchev–Trinajstić information content (AvgIpc) is 3.21. The van der Waals surface area contributed by atoms with Crippen molar-refractivity contribution in [1.82, 2.24) is 5.32 Å². The van der Waals surface area contributed by atoms with Gasteiger partial charge in [0, 0.05) is 11.0 Å². The number of amides is 1. The van der Waals surface area contributed by atoms with Gasteiger partial charge in [-0.25, -0.2) is 4.99 Å². The van der Waals surface area contributed by atoms with E-state index in [0.717, 1.165) is 26.8 Å². The highest BCUT2D eigenvalue weighted by molar-refractivity contribution is 8.18. The lowest BCUT2D eigenvalue weighted by Gasteiger charge is -2.00. The number of amidine groups is 1. The minimum atomic E-state index is -0.165. The third-order valence-corrected chi connectivity index (χ3v) is 5.76. The molecule has 28 heavy (non-hydrogen) atoms. The Morgan fingerprint density at radius 3 is 2.54 bits per heavy atom. The zero-order valence-electron chi connectivity index (χ0n) is 15.4. The van der Waals surface area contributed by atoms with E-state index in [1.807, 2.05) is 68.4 Å². The number of hydrogen-bond donors (Lipinski definition) is 1. The molecule has 0 radical (unpaired) electrons. The van der Waals surface area contributed by atoms with Gasteiger partial charge in [-0.2, -0.15) is 0 Å². The summed E-state index contributed by atoms with van der Waals surface area (Å²) in [4.78, 5) is 18.5. The topological polar surface area (TPSA) is 54.6 Å². The minimum Gasteiger partial charge on any atom is -0.450 e. The van der Waals surface area contributed by atoms with Crippen molar-refractivity contribution in [3.63, 3.8) is 0 Å². The van der Waals surface area contributed by atoms with Crippen molar-refractivity contribution in [3.8, 4) is 0 Å². The molecule has 0 saturated carbocycles. The fourth-order valence-electron chi connectivity index (χ4n) is 2.81. The first kappa shape index (κ1) is 18.7. The molecule has 0 bridgehead atoms. The van der Waals surface area contributed by atoms with Crippen LogP contribution in [0.1, 0.15) is 16.9 Å². The molecule has 2 aromatic carbocycles. The Kier molecular flexibility index (Phi) is 5.41. The molecule has 1 amide bonds. The molecule has 1 aliphatic heterocycles. The van der Waals surface area contributed by atoms with E-state index in [9.17, 15) is 4.79 Å². The van der Waals surface area contributed by atoms with Crippen molar-refractivity contribution >= 4 is 46.4 Å². The summed E-state index contributed by atoms with van der Waals surface area (Å²) >= 11 is 2.86. The number of hydrogen-bond acceptors (Lipinski definition) is 5. The zero-order valence-corrected chi connectivity index (χ0v) is 17.1. The third-order valence-electron chi connectivity index (χ3n) is 3.93. The number of nitrogens with one attached hydrogen (secondary N) is 1. The number of carbonyl (C=O) groups is 1. The number of nitrogens with zero attached hydrogens (tertiary/aromatic N) is 1. The van der Waals surface area contributed by atoms with E-state index in [1.165, 1.54) is 11.8 Å². The summed E-state index contributed by atoms with van der Waals surface area (Å²) in [5.74, 6) is 0.477. The fourth-order valence-corrected chi connectivity index (χ4v) is 4.44. The lowest BCUT2D eigenvalue weighted by atomic mass is 10.1. The monoisotopic (exact) mass is 406 g/mol. The molecule has 1 saturated heterocycles. The number of rotatable bonds is 4. The molecule has 4 rings (SSSR count). The van der Waals surface area contributed by atoms with Gasteiger partial charge in [-0.15, -0.1) is 0 Å². The lowest BCUT2D eigenvalue weighted by molar-refractivity contribution is -0.115. The Hall–Kier alpha value is -2.70. The lowest BCUT2D eigenvalue weighted by Crippen LogP contribution is -2.19. The minimum absolute atomic E-state index is 0.165. The first-order valence-electron chi connectivity index (χ1n) is 8.76. The van der Waals surface area contributed by atoms with Crippen molar-refractivity contribution in [1.29, 1.82) is 0 Å². The molecule has 1 fully saturated rings. The van der Waals surface area contributed by atoms with Gasteiger partial charge in [0.2, 0.25) is 0 Å². The second-order valence-corrected chi connectivity index (χ2v) is 8.51. The van der Waals surface area contributed by atoms with Crippen LogP contribution < -0.4 is 5.32 Å². The van der Waals surface area contributed by atoms with Crippen molar-refractivity contribution in [2.75, 3.05) is 0 Å². The van der Waals surface area contributed by atoms with Gasteiger partial charge < -0.3 is 9.73 Å². The highest BCUT2D eigenvalue weighted by Gasteiger charge is 2.24. The van der Waals surface area contributed by atoms with E-state index in [1.54, 1.807) is 17.8 Å². The van der Waals surface area contributed by atoms with Gasteiger partial charge in [0.1, 0.15) is 5.76 Å². The van der Waals surface area contributed by atoms with Gasteiger partial charge in [0.25, 0.3) is 5.91 Å². The van der Waals surface area contributed by atoms with Crippen molar-refractivity contribution in [2.45, 2.75) is 23.8 Å². The molecule has 4 nitrogen and oxygen atoms in total. The fraction of sp³-hybridized carbons (Fsp3) is 0.0909. The molecule has 1 aliphatic rings. The normalized spacial score (nSPS) is 16.7. The second kappa shape index (κ2) is 8.12. The first-order chi connectivity index (χ1) is 13.5. The predicted molar refractivity (Wildman–Crippen MR) is 116 cm³/mol. The maximum atomic E-state index is 12.3. The van der Waals surface area contributed by atoms with E-state index >= 15 is 0 Å². The van der Waals surface area contributed by atoms with Crippen LogP contribution in [0.2, 0.25) is 0 Å². The van der Waals surface area contributed by atoms with Crippen LogP contribution in [0, 0.1) is 13.8 Å². The van der Waals surface area contributed by atoms with Crippen molar-refractivity contribution in [3.05, 3.63) is 82.5 Å². The number of furan rings is 1. The van der Waals surface area contributed by atoms with Crippen LogP contribution in [-0.4, -0.2) is 11.1 Å². The maximum absolute atomic E-state index is 12.3. The van der Waals surface area contributed by atoms with Crippen LogP contribution in [0.5, 0.6) is 0 Å². The number of benzene rings is 2. The summed E-state index contributed by atoms with van der Waals surface area (Å²) in [6.07, 6.45) is 1.75. The SMILES string of the molecule is Cc1cc(C)cc(N=C2NC(=O)/C(=C/c3ccc(Sc4ccccc4)o3)S2)c1. The summed E-state index contributed by atoms with van der Waals surface area (Å²) in [5, 5.41) is 4.18. The molecule has 0 atom stereocenters. The van der Waals surface area contributed by atoms with Gasteiger partial charge >= 0.3 is 0 Å². The Labute approximate surface area is 172 Å². The molecule has 140 valence electrons. The van der Waals surface area contributed by atoms with Gasteiger partial charge in [-0.1, -0.05) is 36.0 Å². The molecular formula is C22H18N2O2S2. The van der Waals surface area contributed by atoms with Crippen LogP contribution >= 0.6 is 23.5 Å². The maximum Gasteiger partial charge on any atom is 0.264 e. The van der Waals surface area contributed by atoms with Crippen LogP contribution in [-0.2, 0) is 4.79 Å². The summed E-state index contributed by atoms with van der Waals surface area (Å²) in [5.41, 5.74) is 3.12. The molecule has 0 unspecified atom stereocenters. The molecule has 0 aliphatic carbocycles. The Bertz CT molecular complexity index is 1060. The van der Waals surface area contributed by atoms with Gasteiger partial charge in [0.05, 0.1) is 10.6 Å². The molecule has 6 heteroatoms. The van der Waals surface area contributed by atoms with Gasteiger partial charge in [-0.3, -0.25) is 4.79 Å². The highest BCUT2D eigenvalue weighted by Crippen LogP contribution is 2.32. The summed E-state index contributed by atoms with van der Waals surface area (Å²) in [6, 6.07) is 19.9. The number of thioether (sulfide) groups is 1. The Balaban J connectivity index is 1.50. The molecule has 1 N–H and O–H groups in total. The first-order valence-corrected chi connectivity index (χ1v) is 10.4. The Morgan fingerprint density at radius 1 is 1.04 bits per heavy atom. The standard InChI is InChI=1S/C22H18N2O2S2/c1-14-10-15(2)12-16(11-14)23-22-24-21(25)19(28-22)13-17-8-9-20(26-17)27-18-6-4-3-5-7-18/h3-13H,1-2H3,(H,23,24,25)/b19-13-. The van der Waals surface area contributed by atoms with Gasteiger partial charge in [-0.05, 0) is 73.1 Å². The predicted octanol–water partition coefficient (Wildman–Crippen LogP) is 5.94. The van der Waals surface area contributed by atoms with E-state index in [0.29, 0.717) is 15.8 Å². The number of aliphatic imine (C=N–C) groups is 1. The smallest absolute Gasteiger partial charge is 0.264 e. The van der Waals surface area contributed by atoms with E-state index in [2.05, 4.69) is 16.4 Å². The van der Waals surface area contributed by atoms with Crippen LogP contribution in [0.25, 0.3) is 6.08 Å². The van der Waals surface area contributed by atoms with Crippen LogP contribution in [0.4, 0.5) is 5.69 Å². The highest BCUT2D eigenvalue weighted by atomic mass is 32.2. The molecule has 0 spiro atoms. The molecule has 2 heterocycles. The van der Waals surface area contributed by atoms with Gasteiger partial charge in [0.15, 0.2) is 10.3 Å². The van der Waals surface area contributed by atoms with Crippen LogP contribution in [0.3, 0.4) is 0 Å². The molecule has 1 aromatic heterocycles. The average molecular weight is 407 g/mol. The van der Waals surface area contributed by atoms with Crippen molar-refractivity contribution in [2.24, 2.45) is 4.99 Å². The van der Waals surface area contributed by atoms with E-state index < -0.39 is 0 Å². The number of carbonyl (C=O) groups excluding carboxylic acids is 1. The zero-order chi connectivity index (χ0) is 19.5. The summed E-state index contributed by atoms with van der Waals surface area (Å²) in [7, 11) is 0. The van der Waals surface area contributed by atoms with Crippen LogP contribution in [0.15, 0.2) is 85.0 Å². The van der Waals surface area contributed by atoms with Crippen molar-refractivity contribution < 1.29 is 9.21 Å². The number of aryl methyl sites for hydroxylation is 2.